The first-order valence-electron chi connectivity index (χ1n) is 7.63. The van der Waals surface area contributed by atoms with E-state index in [9.17, 15) is 9.18 Å². The molecule has 3 N–H and O–H groups in total. The van der Waals surface area contributed by atoms with Crippen molar-refractivity contribution >= 4 is 34.8 Å². The third-order valence-electron chi connectivity index (χ3n) is 3.83. The highest BCUT2D eigenvalue weighted by molar-refractivity contribution is 6.35. The van der Waals surface area contributed by atoms with E-state index < -0.39 is 11.9 Å². The molecule has 0 aliphatic heterocycles. The number of anilines is 1. The van der Waals surface area contributed by atoms with Crippen molar-refractivity contribution in [3.8, 4) is 6.07 Å². The lowest BCUT2D eigenvalue weighted by atomic mass is 10.1. The van der Waals surface area contributed by atoms with Crippen LogP contribution in [-0.2, 0) is 4.79 Å². The fourth-order valence-corrected chi connectivity index (χ4v) is 3.00. The number of para-hydroxylation sites is 1. The highest BCUT2D eigenvalue weighted by atomic mass is 35.5. The summed E-state index contributed by atoms with van der Waals surface area (Å²) in [7, 11) is 0. The van der Waals surface area contributed by atoms with E-state index in [0.29, 0.717) is 21.8 Å². The Balaban J connectivity index is 2.08. The highest BCUT2D eigenvalue weighted by Crippen LogP contribution is 2.27. The van der Waals surface area contributed by atoms with E-state index in [-0.39, 0.29) is 17.0 Å². The van der Waals surface area contributed by atoms with Gasteiger partial charge in [-0.15, -0.1) is 0 Å². The average molecular weight is 381 g/mol. The molecule has 25 heavy (non-hydrogen) atoms. The third kappa shape index (κ3) is 4.70. The van der Waals surface area contributed by atoms with Gasteiger partial charge in [0.05, 0.1) is 21.3 Å². The molecule has 2 atom stereocenters. The Kier molecular flexibility index (Phi) is 6.38. The van der Waals surface area contributed by atoms with Crippen molar-refractivity contribution in [2.75, 3.05) is 5.32 Å². The smallest absolute Gasteiger partial charge is 0.282 e. The molecule has 0 heterocycles. The largest absolute Gasteiger partial charge is 0.330 e. The van der Waals surface area contributed by atoms with Crippen LogP contribution in [0.3, 0.4) is 0 Å². The summed E-state index contributed by atoms with van der Waals surface area (Å²) in [5, 5.41) is 13.9. The van der Waals surface area contributed by atoms with Crippen LogP contribution in [0.5, 0.6) is 0 Å². The lowest BCUT2D eigenvalue weighted by Gasteiger charge is -2.18. The number of rotatable bonds is 5. The number of nitriles is 1. The van der Waals surface area contributed by atoms with Crippen LogP contribution in [0.1, 0.15) is 31.0 Å². The number of halogens is 3. The number of hydrogen-bond acceptors (Lipinski definition) is 2. The molecule has 2 rings (SSSR count). The summed E-state index contributed by atoms with van der Waals surface area (Å²) in [6.45, 7) is 3.54. The van der Waals surface area contributed by atoms with Crippen LogP contribution in [0.15, 0.2) is 36.4 Å². The summed E-state index contributed by atoms with van der Waals surface area (Å²) >= 11 is 11.8. The van der Waals surface area contributed by atoms with Crippen LogP contribution in [0.25, 0.3) is 0 Å². The maximum atomic E-state index is 13.7. The zero-order chi connectivity index (χ0) is 18.6. The Morgan fingerprint density at radius 3 is 2.60 bits per heavy atom. The second kappa shape index (κ2) is 8.30. The zero-order valence-electron chi connectivity index (χ0n) is 13.7. The van der Waals surface area contributed by atoms with Crippen LogP contribution < -0.4 is 10.6 Å². The number of carbonyl (C=O) groups is 1. The predicted octanol–water partition coefficient (Wildman–Crippen LogP) is 3.66. The number of nitrogens with one attached hydrogen (secondary N) is 1. The van der Waals surface area contributed by atoms with Crippen molar-refractivity contribution in [3.05, 3.63) is 63.4 Å². The Morgan fingerprint density at radius 1 is 1.24 bits per heavy atom. The summed E-state index contributed by atoms with van der Waals surface area (Å²) < 4.78 is 13.7. The standard InChI is InChI=1S/C18H16Cl2FN3O/c1-10(13-7-16(21)15(20)8-14(13)19)23-11(2)18(25)24-17-6-4-3-5-12(17)9-22/h3-8,10-11,23H,1-2H3,(H,24,25)/p+1/t10-,11+/m1/s1. The fraction of sp³-hybridized carbons (Fsp3) is 0.222. The van der Waals surface area contributed by atoms with E-state index in [1.807, 2.05) is 13.0 Å². The van der Waals surface area contributed by atoms with Gasteiger partial charge in [0.25, 0.3) is 5.91 Å². The molecule has 7 heteroatoms. The monoisotopic (exact) mass is 380 g/mol. The summed E-state index contributed by atoms with van der Waals surface area (Å²) in [5.74, 6) is -0.818. The van der Waals surface area contributed by atoms with Gasteiger partial charge in [0.15, 0.2) is 6.04 Å². The molecule has 2 aromatic carbocycles. The van der Waals surface area contributed by atoms with Gasteiger partial charge >= 0.3 is 0 Å². The number of nitrogens with two attached hydrogens (primary N) is 1. The number of quaternary nitrogens is 1. The summed E-state index contributed by atoms with van der Waals surface area (Å²) in [6, 6.07) is 10.7. The molecule has 2 aromatic rings. The molecule has 0 aliphatic rings. The Labute approximate surface area is 155 Å². The minimum Gasteiger partial charge on any atom is -0.330 e. The van der Waals surface area contributed by atoms with Gasteiger partial charge in [-0.05, 0) is 38.1 Å². The highest BCUT2D eigenvalue weighted by Gasteiger charge is 2.23. The summed E-state index contributed by atoms with van der Waals surface area (Å²) in [4.78, 5) is 12.4. The first-order valence-corrected chi connectivity index (χ1v) is 8.38. The molecule has 0 bridgehead atoms. The molecule has 0 radical (unpaired) electrons. The van der Waals surface area contributed by atoms with Crippen LogP contribution in [0.4, 0.5) is 10.1 Å². The molecule has 0 saturated heterocycles. The minimum atomic E-state index is -0.554. The third-order valence-corrected chi connectivity index (χ3v) is 4.44. The van der Waals surface area contributed by atoms with E-state index in [1.54, 1.807) is 36.5 Å². The van der Waals surface area contributed by atoms with Gasteiger partial charge in [-0.1, -0.05) is 35.3 Å². The topological polar surface area (TPSA) is 69.5 Å². The number of hydrogen-bond donors (Lipinski definition) is 2. The molecule has 0 spiro atoms. The fourth-order valence-electron chi connectivity index (χ4n) is 2.45. The molecule has 0 fully saturated rings. The molecular weight excluding hydrogens is 364 g/mol. The van der Waals surface area contributed by atoms with Crippen molar-refractivity contribution < 1.29 is 14.5 Å². The number of nitrogens with zero attached hydrogens (tertiary/aromatic N) is 1. The SMILES string of the molecule is C[C@H]([NH2+][C@H](C)c1cc(F)c(Cl)cc1Cl)C(=O)Nc1ccccc1C#N. The minimum absolute atomic E-state index is 0.0418. The normalized spacial score (nSPS) is 13.0. The molecule has 1 amide bonds. The van der Waals surface area contributed by atoms with Crippen molar-refractivity contribution in [2.45, 2.75) is 25.9 Å². The molecule has 0 saturated carbocycles. The number of amides is 1. The van der Waals surface area contributed by atoms with Crippen LogP contribution in [-0.4, -0.2) is 11.9 Å². The van der Waals surface area contributed by atoms with E-state index in [2.05, 4.69) is 5.32 Å². The first kappa shape index (κ1) is 19.2. The van der Waals surface area contributed by atoms with Crippen LogP contribution in [0.2, 0.25) is 10.0 Å². The van der Waals surface area contributed by atoms with Gasteiger partial charge in [0, 0.05) is 5.56 Å². The Bertz CT molecular complexity index is 836. The lowest BCUT2D eigenvalue weighted by Crippen LogP contribution is -2.91. The average Bonchev–Trinajstić information content (AvgIpc) is 2.58. The van der Waals surface area contributed by atoms with Gasteiger partial charge in [0.2, 0.25) is 0 Å². The van der Waals surface area contributed by atoms with Crippen molar-refractivity contribution in [2.24, 2.45) is 0 Å². The number of carbonyl (C=O) groups excluding carboxylic acids is 1. The molecular formula is C18H17Cl2FN3O+. The molecule has 4 nitrogen and oxygen atoms in total. The number of benzene rings is 2. The molecule has 0 aromatic heterocycles. The van der Waals surface area contributed by atoms with E-state index in [1.165, 1.54) is 12.1 Å². The van der Waals surface area contributed by atoms with E-state index in [4.69, 9.17) is 28.5 Å². The van der Waals surface area contributed by atoms with Gasteiger partial charge in [-0.25, -0.2) is 4.39 Å². The van der Waals surface area contributed by atoms with Crippen molar-refractivity contribution in [3.63, 3.8) is 0 Å². The maximum absolute atomic E-state index is 13.7. The van der Waals surface area contributed by atoms with E-state index >= 15 is 0 Å². The van der Waals surface area contributed by atoms with Gasteiger partial charge in [-0.2, -0.15) is 5.26 Å². The zero-order valence-corrected chi connectivity index (χ0v) is 15.2. The summed E-state index contributed by atoms with van der Waals surface area (Å²) in [6.07, 6.45) is 0. The second-order valence-electron chi connectivity index (χ2n) is 5.70. The Morgan fingerprint density at radius 2 is 1.92 bits per heavy atom. The Hall–Kier alpha value is -2.13. The molecule has 130 valence electrons. The van der Waals surface area contributed by atoms with Gasteiger partial charge in [-0.3, -0.25) is 4.79 Å². The van der Waals surface area contributed by atoms with Crippen molar-refractivity contribution in [1.82, 2.24) is 0 Å². The lowest BCUT2D eigenvalue weighted by molar-refractivity contribution is -0.709. The summed E-state index contributed by atoms with van der Waals surface area (Å²) in [5.41, 5.74) is 1.40. The maximum Gasteiger partial charge on any atom is 0.282 e. The van der Waals surface area contributed by atoms with Crippen LogP contribution in [0, 0.1) is 17.1 Å². The van der Waals surface area contributed by atoms with Crippen molar-refractivity contribution in [1.29, 1.82) is 5.26 Å². The molecule has 0 aliphatic carbocycles. The van der Waals surface area contributed by atoms with Crippen LogP contribution >= 0.6 is 23.2 Å². The first-order chi connectivity index (χ1) is 11.8. The van der Waals surface area contributed by atoms with Gasteiger partial charge < -0.3 is 10.6 Å². The second-order valence-corrected chi connectivity index (χ2v) is 6.52. The van der Waals surface area contributed by atoms with E-state index in [0.717, 1.165) is 0 Å². The predicted molar refractivity (Wildman–Crippen MR) is 96.0 cm³/mol. The quantitative estimate of drug-likeness (QED) is 0.777. The molecule has 0 unspecified atom stereocenters. The van der Waals surface area contributed by atoms with Gasteiger partial charge in [0.1, 0.15) is 17.9 Å².